The fraction of sp³-hybridized carbons (Fsp3) is 0.900. The molecule has 4 rings (SSSR count). The molecule has 1 nitrogen and oxygen atoms in total. The summed E-state index contributed by atoms with van der Waals surface area (Å²) < 4.78 is 0. The smallest absolute Gasteiger partial charge is 0.0860 e. The van der Waals surface area contributed by atoms with E-state index < -0.39 is 5.60 Å². The quantitative estimate of drug-likeness (QED) is 0.616. The average molecular weight is 288 g/mol. The van der Waals surface area contributed by atoms with Gasteiger partial charge in [0, 0.05) is 0 Å². The predicted octanol–water partition coefficient (Wildman–Crippen LogP) is 5.09. The van der Waals surface area contributed by atoms with Crippen molar-refractivity contribution in [2.24, 2.45) is 28.1 Å². The highest BCUT2D eigenvalue weighted by atomic mass is 16.3. The Kier molecular flexibility index (Phi) is 2.70. The molecule has 1 heteroatoms. The van der Waals surface area contributed by atoms with E-state index in [1.165, 1.54) is 38.5 Å². The van der Waals surface area contributed by atoms with Gasteiger partial charge in [-0.25, -0.2) is 0 Å². The zero-order chi connectivity index (χ0) is 15.1. The zero-order valence-electron chi connectivity index (χ0n) is 14.2. The second-order valence-corrected chi connectivity index (χ2v) is 9.88. The van der Waals surface area contributed by atoms with E-state index in [2.05, 4.69) is 27.4 Å². The highest BCUT2D eigenvalue weighted by Crippen LogP contribution is 2.72. The minimum atomic E-state index is -0.510. The van der Waals surface area contributed by atoms with E-state index in [1.54, 1.807) is 0 Å². The van der Waals surface area contributed by atoms with Gasteiger partial charge in [-0.05, 0) is 85.0 Å². The summed E-state index contributed by atoms with van der Waals surface area (Å²) in [7, 11) is 0. The van der Waals surface area contributed by atoms with Gasteiger partial charge in [0.1, 0.15) is 0 Å². The third kappa shape index (κ3) is 1.68. The molecule has 2 bridgehead atoms. The number of fused-ring (bicyclic) bond motifs is 3. The Morgan fingerprint density at radius 3 is 2.48 bits per heavy atom. The van der Waals surface area contributed by atoms with Crippen molar-refractivity contribution in [1.29, 1.82) is 0 Å². The molecule has 4 saturated carbocycles. The van der Waals surface area contributed by atoms with Crippen LogP contribution in [-0.4, -0.2) is 10.7 Å². The number of hydrogen-bond acceptors (Lipinski definition) is 1. The topological polar surface area (TPSA) is 20.2 Å². The van der Waals surface area contributed by atoms with E-state index >= 15 is 0 Å². The van der Waals surface area contributed by atoms with Crippen molar-refractivity contribution in [3.63, 3.8) is 0 Å². The van der Waals surface area contributed by atoms with Crippen LogP contribution in [0.3, 0.4) is 0 Å². The third-order valence-corrected chi connectivity index (χ3v) is 8.46. The van der Waals surface area contributed by atoms with Crippen molar-refractivity contribution in [1.82, 2.24) is 0 Å². The van der Waals surface area contributed by atoms with E-state index in [0.717, 1.165) is 36.7 Å². The molecular weight excluding hydrogens is 256 g/mol. The molecule has 0 aromatic carbocycles. The lowest BCUT2D eigenvalue weighted by atomic mass is 9.41. The molecule has 0 unspecified atom stereocenters. The van der Waals surface area contributed by atoms with Crippen molar-refractivity contribution >= 4 is 0 Å². The fourth-order valence-corrected chi connectivity index (χ4v) is 7.68. The van der Waals surface area contributed by atoms with Crippen molar-refractivity contribution < 1.29 is 5.11 Å². The molecule has 0 heterocycles. The Morgan fingerprint density at radius 2 is 1.71 bits per heavy atom. The van der Waals surface area contributed by atoms with Gasteiger partial charge in [0.25, 0.3) is 0 Å². The van der Waals surface area contributed by atoms with Gasteiger partial charge in [-0.3, -0.25) is 0 Å². The maximum Gasteiger partial charge on any atom is 0.0860 e. The SMILES string of the molecule is C=C1C[C@@]23CC[C@@H]4C(C)(C)CCC[C@@]4(C)[C@@H]2CC[C@]1(O)C3. The molecule has 0 aromatic rings. The van der Waals surface area contributed by atoms with E-state index in [0.29, 0.717) is 16.2 Å². The largest absolute Gasteiger partial charge is 0.386 e. The summed E-state index contributed by atoms with van der Waals surface area (Å²) in [4.78, 5) is 0. The summed E-state index contributed by atoms with van der Waals surface area (Å²) in [5.41, 5.74) is 2.05. The molecule has 0 amide bonds. The van der Waals surface area contributed by atoms with E-state index in [4.69, 9.17) is 0 Å². The lowest BCUT2D eigenvalue weighted by Crippen LogP contribution is -2.57. The summed E-state index contributed by atoms with van der Waals surface area (Å²) in [5, 5.41) is 10.9. The summed E-state index contributed by atoms with van der Waals surface area (Å²) in [6.45, 7) is 11.9. The van der Waals surface area contributed by atoms with Gasteiger partial charge in [0.15, 0.2) is 0 Å². The van der Waals surface area contributed by atoms with Crippen molar-refractivity contribution in [3.05, 3.63) is 12.2 Å². The van der Waals surface area contributed by atoms with Crippen LogP contribution in [0.5, 0.6) is 0 Å². The first kappa shape index (κ1) is 14.3. The van der Waals surface area contributed by atoms with E-state index in [9.17, 15) is 5.11 Å². The molecule has 1 N–H and O–H groups in total. The normalized spacial score (nSPS) is 55.0. The lowest BCUT2D eigenvalue weighted by molar-refractivity contribution is -0.159. The van der Waals surface area contributed by atoms with Gasteiger partial charge in [-0.15, -0.1) is 0 Å². The summed E-state index contributed by atoms with van der Waals surface area (Å²) in [6, 6.07) is 0. The molecule has 1 spiro atoms. The second kappa shape index (κ2) is 3.96. The molecule has 4 fully saturated rings. The Balaban J connectivity index is 1.75. The van der Waals surface area contributed by atoms with Crippen LogP contribution in [0, 0.1) is 28.1 Å². The van der Waals surface area contributed by atoms with Crippen molar-refractivity contribution in [2.45, 2.75) is 84.2 Å². The van der Waals surface area contributed by atoms with E-state index in [1.807, 2.05) is 0 Å². The van der Waals surface area contributed by atoms with Gasteiger partial charge >= 0.3 is 0 Å². The minimum absolute atomic E-state index is 0.392. The first-order valence-electron chi connectivity index (χ1n) is 9.13. The molecule has 21 heavy (non-hydrogen) atoms. The van der Waals surface area contributed by atoms with Gasteiger partial charge in [0.05, 0.1) is 5.60 Å². The van der Waals surface area contributed by atoms with Crippen molar-refractivity contribution in [3.8, 4) is 0 Å². The highest BCUT2D eigenvalue weighted by Gasteiger charge is 2.65. The van der Waals surface area contributed by atoms with Gasteiger partial charge < -0.3 is 5.11 Å². The van der Waals surface area contributed by atoms with Crippen LogP contribution in [0.2, 0.25) is 0 Å². The summed E-state index contributed by atoms with van der Waals surface area (Å²) >= 11 is 0. The number of rotatable bonds is 0. The molecule has 118 valence electrons. The van der Waals surface area contributed by atoms with E-state index in [-0.39, 0.29) is 0 Å². The molecule has 4 aliphatic rings. The average Bonchev–Trinajstić information content (AvgIpc) is 2.54. The molecule has 0 saturated heterocycles. The second-order valence-electron chi connectivity index (χ2n) is 9.88. The molecule has 4 aliphatic carbocycles. The summed E-state index contributed by atoms with van der Waals surface area (Å²) in [6.07, 6.45) is 11.3. The van der Waals surface area contributed by atoms with Crippen LogP contribution in [0.15, 0.2) is 12.2 Å². The maximum absolute atomic E-state index is 10.9. The molecule has 0 aliphatic heterocycles. The number of hydrogen-bond donors (Lipinski definition) is 1. The Hall–Kier alpha value is -0.300. The Labute approximate surface area is 130 Å². The van der Waals surface area contributed by atoms with Gasteiger partial charge in [0.2, 0.25) is 0 Å². The van der Waals surface area contributed by atoms with Crippen LogP contribution in [0.4, 0.5) is 0 Å². The molecule has 0 radical (unpaired) electrons. The van der Waals surface area contributed by atoms with Crippen LogP contribution >= 0.6 is 0 Å². The minimum Gasteiger partial charge on any atom is -0.386 e. The zero-order valence-corrected chi connectivity index (χ0v) is 14.2. The van der Waals surface area contributed by atoms with Crippen LogP contribution < -0.4 is 0 Å². The highest BCUT2D eigenvalue weighted by molar-refractivity contribution is 5.29. The monoisotopic (exact) mass is 288 g/mol. The maximum atomic E-state index is 10.9. The Morgan fingerprint density at radius 1 is 1.00 bits per heavy atom. The first-order chi connectivity index (χ1) is 9.72. The first-order valence-corrected chi connectivity index (χ1v) is 9.13. The summed E-state index contributed by atoms with van der Waals surface area (Å²) in [5.74, 6) is 1.71. The standard InChI is InChI=1S/C20H32O/c1-14-12-19-10-6-15-17(2,3)8-5-9-18(15,4)16(19)7-11-20(14,21)13-19/h15-16,21H,1,5-13H2,2-4H3/t15-,16+,18-,19-,20+/m1/s1. The van der Waals surface area contributed by atoms with Gasteiger partial charge in [-0.1, -0.05) is 33.8 Å². The third-order valence-electron chi connectivity index (χ3n) is 8.46. The van der Waals surface area contributed by atoms with Crippen LogP contribution in [-0.2, 0) is 0 Å². The fourth-order valence-electron chi connectivity index (χ4n) is 7.68. The predicted molar refractivity (Wildman–Crippen MR) is 86.9 cm³/mol. The number of aliphatic hydroxyl groups is 1. The molecule has 0 aromatic heterocycles. The van der Waals surface area contributed by atoms with Crippen LogP contribution in [0.25, 0.3) is 0 Å². The van der Waals surface area contributed by atoms with Crippen LogP contribution in [0.1, 0.15) is 78.6 Å². The molecule has 5 atom stereocenters. The van der Waals surface area contributed by atoms with Gasteiger partial charge in [-0.2, -0.15) is 0 Å². The lowest BCUT2D eigenvalue weighted by Gasteiger charge is -2.64. The Bertz CT molecular complexity index is 492. The molecular formula is C20H32O. The van der Waals surface area contributed by atoms with Crippen molar-refractivity contribution in [2.75, 3.05) is 0 Å².